The fourth-order valence-corrected chi connectivity index (χ4v) is 4.23. The van der Waals surface area contributed by atoms with Gasteiger partial charge in [-0.3, -0.25) is 4.79 Å². The number of carbonyl (C=O) groups excluding carboxylic acids is 1. The molecule has 144 valence electrons. The van der Waals surface area contributed by atoms with Crippen LogP contribution in [0, 0.1) is 12.8 Å². The quantitative estimate of drug-likeness (QED) is 0.636. The number of hydrogen-bond acceptors (Lipinski definition) is 3. The Bertz CT molecular complexity index is 962. The summed E-state index contributed by atoms with van der Waals surface area (Å²) in [5.41, 5.74) is 3.06. The molecule has 0 radical (unpaired) electrons. The van der Waals surface area contributed by atoms with E-state index in [0.29, 0.717) is 0 Å². The van der Waals surface area contributed by atoms with Crippen LogP contribution in [0.15, 0.2) is 65.5 Å². The summed E-state index contributed by atoms with van der Waals surface area (Å²) in [6.07, 6.45) is 7.52. The smallest absolute Gasteiger partial charge is 0.227 e. The third-order valence-corrected chi connectivity index (χ3v) is 5.85. The summed E-state index contributed by atoms with van der Waals surface area (Å²) in [5.74, 6) is 1.08. The summed E-state index contributed by atoms with van der Waals surface area (Å²) >= 11 is 3.53. The Morgan fingerprint density at radius 3 is 2.61 bits per heavy atom. The van der Waals surface area contributed by atoms with Gasteiger partial charge < -0.3 is 14.8 Å². The van der Waals surface area contributed by atoms with E-state index in [1.807, 2.05) is 61.9 Å². The molecule has 2 aromatic heterocycles. The molecule has 1 saturated heterocycles. The zero-order valence-corrected chi connectivity index (χ0v) is 17.4. The van der Waals surface area contributed by atoms with Crippen molar-refractivity contribution in [3.05, 3.63) is 71.1 Å². The highest BCUT2D eigenvalue weighted by Crippen LogP contribution is 2.29. The number of amides is 1. The van der Waals surface area contributed by atoms with Gasteiger partial charge in [-0.2, -0.15) is 0 Å². The monoisotopic (exact) mass is 438 g/mol. The fourth-order valence-electron chi connectivity index (χ4n) is 3.64. The Labute approximate surface area is 173 Å². The van der Waals surface area contributed by atoms with Crippen molar-refractivity contribution in [2.45, 2.75) is 19.8 Å². The van der Waals surface area contributed by atoms with Crippen LogP contribution >= 0.6 is 15.9 Å². The van der Waals surface area contributed by atoms with Crippen LogP contribution in [0.25, 0.3) is 5.69 Å². The van der Waals surface area contributed by atoms with Crippen molar-refractivity contribution < 1.29 is 4.79 Å². The fraction of sp³-hybridized carbons (Fsp3) is 0.273. The number of aryl methyl sites for hydroxylation is 1. The molecule has 0 unspecified atom stereocenters. The SMILES string of the molecule is Cc1ccc(NC(=O)C2CCN(c3ncccc3-n3cccc3)CC2)c(Br)c1. The molecule has 0 saturated carbocycles. The number of nitrogens with zero attached hydrogens (tertiary/aromatic N) is 3. The second-order valence-electron chi connectivity index (χ2n) is 7.17. The van der Waals surface area contributed by atoms with Crippen LogP contribution in [-0.2, 0) is 4.79 Å². The van der Waals surface area contributed by atoms with Crippen LogP contribution in [0.3, 0.4) is 0 Å². The Hall–Kier alpha value is -2.60. The molecule has 3 aromatic rings. The minimum Gasteiger partial charge on any atom is -0.355 e. The first-order chi connectivity index (χ1) is 13.6. The van der Waals surface area contributed by atoms with E-state index in [2.05, 4.69) is 41.8 Å². The van der Waals surface area contributed by atoms with Crippen LogP contribution in [0.4, 0.5) is 11.5 Å². The summed E-state index contributed by atoms with van der Waals surface area (Å²) in [6, 6.07) is 14.0. The molecule has 0 aliphatic carbocycles. The van der Waals surface area contributed by atoms with Gasteiger partial charge in [0.05, 0.1) is 11.4 Å². The number of carbonyl (C=O) groups is 1. The maximum Gasteiger partial charge on any atom is 0.227 e. The molecule has 4 rings (SSSR count). The lowest BCUT2D eigenvalue weighted by Crippen LogP contribution is -2.39. The normalized spacial score (nSPS) is 14.9. The van der Waals surface area contributed by atoms with Gasteiger partial charge in [-0.15, -0.1) is 0 Å². The molecule has 6 heteroatoms. The maximum atomic E-state index is 12.7. The van der Waals surface area contributed by atoms with Gasteiger partial charge in [-0.25, -0.2) is 4.98 Å². The van der Waals surface area contributed by atoms with Crippen LogP contribution < -0.4 is 10.2 Å². The largest absolute Gasteiger partial charge is 0.355 e. The number of piperidine rings is 1. The number of pyridine rings is 1. The lowest BCUT2D eigenvalue weighted by Gasteiger charge is -2.33. The summed E-state index contributed by atoms with van der Waals surface area (Å²) in [7, 11) is 0. The molecule has 0 spiro atoms. The topological polar surface area (TPSA) is 50.2 Å². The summed E-state index contributed by atoms with van der Waals surface area (Å²) in [6.45, 7) is 3.67. The van der Waals surface area contributed by atoms with Gasteiger partial charge in [0.25, 0.3) is 0 Å². The molecular formula is C22H23BrN4O. The number of anilines is 2. The van der Waals surface area contributed by atoms with Crippen molar-refractivity contribution in [1.29, 1.82) is 0 Å². The Morgan fingerprint density at radius 2 is 1.89 bits per heavy atom. The van der Waals surface area contributed by atoms with Crippen LogP contribution in [0.1, 0.15) is 18.4 Å². The number of hydrogen-bond donors (Lipinski definition) is 1. The lowest BCUT2D eigenvalue weighted by atomic mass is 9.95. The Kier molecular flexibility index (Phi) is 5.48. The molecular weight excluding hydrogens is 416 g/mol. The second-order valence-corrected chi connectivity index (χ2v) is 8.02. The van der Waals surface area contributed by atoms with E-state index >= 15 is 0 Å². The van der Waals surface area contributed by atoms with Crippen molar-refractivity contribution in [1.82, 2.24) is 9.55 Å². The Morgan fingerprint density at radius 1 is 1.14 bits per heavy atom. The molecule has 0 atom stereocenters. The van der Waals surface area contributed by atoms with E-state index in [0.717, 1.165) is 53.2 Å². The zero-order valence-electron chi connectivity index (χ0n) is 15.8. The summed E-state index contributed by atoms with van der Waals surface area (Å²) < 4.78 is 3.00. The second kappa shape index (κ2) is 8.19. The first kappa shape index (κ1) is 18.7. The predicted octanol–water partition coefficient (Wildman–Crippen LogP) is 4.80. The van der Waals surface area contributed by atoms with Gasteiger partial charge in [0.1, 0.15) is 0 Å². The highest BCUT2D eigenvalue weighted by molar-refractivity contribution is 9.10. The summed E-state index contributed by atoms with van der Waals surface area (Å²) in [5, 5.41) is 3.07. The first-order valence-corrected chi connectivity index (χ1v) is 10.3. The zero-order chi connectivity index (χ0) is 19.5. The number of rotatable bonds is 4. The predicted molar refractivity (Wildman–Crippen MR) is 116 cm³/mol. The first-order valence-electron chi connectivity index (χ1n) is 9.52. The van der Waals surface area contributed by atoms with E-state index in [-0.39, 0.29) is 11.8 Å². The third-order valence-electron chi connectivity index (χ3n) is 5.20. The van der Waals surface area contributed by atoms with Crippen LogP contribution in [0.2, 0.25) is 0 Å². The van der Waals surface area contributed by atoms with E-state index < -0.39 is 0 Å². The number of benzene rings is 1. The third kappa shape index (κ3) is 3.97. The van der Waals surface area contributed by atoms with Gasteiger partial charge in [0, 0.05) is 42.1 Å². The van der Waals surface area contributed by atoms with Gasteiger partial charge in [0.2, 0.25) is 5.91 Å². The molecule has 1 aliphatic heterocycles. The molecule has 1 fully saturated rings. The number of halogens is 1. The van der Waals surface area contributed by atoms with Crippen molar-refractivity contribution in [3.63, 3.8) is 0 Å². The highest BCUT2D eigenvalue weighted by Gasteiger charge is 2.27. The molecule has 1 amide bonds. The maximum absolute atomic E-state index is 12.7. The molecule has 3 heterocycles. The van der Waals surface area contributed by atoms with E-state index in [1.54, 1.807) is 0 Å². The van der Waals surface area contributed by atoms with Crippen LogP contribution in [-0.4, -0.2) is 28.5 Å². The van der Waals surface area contributed by atoms with Crippen molar-refractivity contribution in [2.75, 3.05) is 23.3 Å². The molecule has 28 heavy (non-hydrogen) atoms. The number of aromatic nitrogens is 2. The van der Waals surface area contributed by atoms with Gasteiger partial charge in [-0.1, -0.05) is 6.07 Å². The van der Waals surface area contributed by atoms with Gasteiger partial charge in [0.15, 0.2) is 5.82 Å². The average Bonchev–Trinajstić information content (AvgIpc) is 3.25. The van der Waals surface area contributed by atoms with Gasteiger partial charge >= 0.3 is 0 Å². The number of nitrogens with one attached hydrogen (secondary N) is 1. The molecule has 1 N–H and O–H groups in total. The molecule has 1 aliphatic rings. The molecule has 5 nitrogen and oxygen atoms in total. The minimum atomic E-state index is 0.0168. The van der Waals surface area contributed by atoms with E-state index in [1.165, 1.54) is 0 Å². The minimum absolute atomic E-state index is 0.0168. The summed E-state index contributed by atoms with van der Waals surface area (Å²) in [4.78, 5) is 19.6. The lowest BCUT2D eigenvalue weighted by molar-refractivity contribution is -0.120. The van der Waals surface area contributed by atoms with E-state index in [9.17, 15) is 4.79 Å². The van der Waals surface area contributed by atoms with Crippen molar-refractivity contribution in [2.24, 2.45) is 5.92 Å². The van der Waals surface area contributed by atoms with Crippen LogP contribution in [0.5, 0.6) is 0 Å². The van der Waals surface area contributed by atoms with E-state index in [4.69, 9.17) is 0 Å². The standard InChI is InChI=1S/C22H23BrN4O/c1-16-6-7-19(18(23)15-16)25-22(28)17-8-13-27(14-9-17)21-20(5-4-10-24-21)26-11-2-3-12-26/h2-7,10-12,15,17H,8-9,13-14H2,1H3,(H,25,28). The highest BCUT2D eigenvalue weighted by atomic mass is 79.9. The van der Waals surface area contributed by atoms with Gasteiger partial charge in [-0.05, 0) is 77.7 Å². The molecule has 1 aromatic carbocycles. The van der Waals surface area contributed by atoms with Crippen molar-refractivity contribution in [3.8, 4) is 5.69 Å². The Balaban J connectivity index is 1.42. The average molecular weight is 439 g/mol. The van der Waals surface area contributed by atoms with Crippen molar-refractivity contribution >= 4 is 33.3 Å². The molecule has 0 bridgehead atoms.